The average molecular weight is 335 g/mol. The molecule has 25 heavy (non-hydrogen) atoms. The van der Waals surface area contributed by atoms with E-state index in [1.807, 2.05) is 38.1 Å². The minimum absolute atomic E-state index is 0.132. The van der Waals surface area contributed by atoms with Gasteiger partial charge in [-0.05, 0) is 55.8 Å². The zero-order valence-corrected chi connectivity index (χ0v) is 14.5. The van der Waals surface area contributed by atoms with Crippen molar-refractivity contribution in [2.75, 3.05) is 13.2 Å². The van der Waals surface area contributed by atoms with Crippen LogP contribution in [0.5, 0.6) is 11.5 Å². The summed E-state index contributed by atoms with van der Waals surface area (Å²) in [4.78, 5) is 12.3. The second-order valence-electron chi connectivity index (χ2n) is 5.34. The first-order chi connectivity index (χ1) is 12.2. The Morgan fingerprint density at radius 2 is 1.88 bits per heavy atom. The molecule has 0 spiro atoms. The molecule has 0 amide bonds. The van der Waals surface area contributed by atoms with Gasteiger partial charge in [-0.25, -0.2) is 0 Å². The third-order valence-corrected chi connectivity index (χ3v) is 3.47. The molecule has 0 saturated heterocycles. The summed E-state index contributed by atoms with van der Waals surface area (Å²) in [6.45, 7) is 5.07. The molecule has 0 radical (unpaired) electrons. The molecule has 0 aliphatic rings. The van der Waals surface area contributed by atoms with Crippen molar-refractivity contribution in [1.29, 1.82) is 5.26 Å². The topological polar surface area (TPSA) is 59.3 Å². The first-order valence-electron chi connectivity index (χ1n) is 8.30. The fraction of sp³-hybridized carbons (Fsp3) is 0.238. The van der Waals surface area contributed by atoms with Gasteiger partial charge in [0, 0.05) is 11.1 Å². The first-order valence-corrected chi connectivity index (χ1v) is 8.30. The maximum Gasteiger partial charge on any atom is 0.185 e. The Hall–Kier alpha value is -3.06. The molecule has 2 aromatic carbocycles. The Labute approximate surface area is 148 Å². The number of ketones is 1. The lowest BCUT2D eigenvalue weighted by Gasteiger charge is -2.13. The molecular weight excluding hydrogens is 314 g/mol. The van der Waals surface area contributed by atoms with Crippen LogP contribution in [0.4, 0.5) is 0 Å². The van der Waals surface area contributed by atoms with Gasteiger partial charge in [-0.3, -0.25) is 4.79 Å². The van der Waals surface area contributed by atoms with Crippen LogP contribution in [-0.2, 0) is 0 Å². The number of allylic oxidation sites excluding steroid dienone is 1. The van der Waals surface area contributed by atoms with E-state index in [2.05, 4.69) is 0 Å². The van der Waals surface area contributed by atoms with Gasteiger partial charge in [0.05, 0.1) is 24.8 Å². The molecule has 0 atom stereocenters. The summed E-state index contributed by atoms with van der Waals surface area (Å²) in [7, 11) is 0. The van der Waals surface area contributed by atoms with Crippen molar-refractivity contribution >= 4 is 11.9 Å². The predicted molar refractivity (Wildman–Crippen MR) is 97.9 cm³/mol. The number of nitrogens with zero attached hydrogens (tertiary/aromatic N) is 1. The second-order valence-corrected chi connectivity index (χ2v) is 5.34. The minimum atomic E-state index is -0.132. The summed E-state index contributed by atoms with van der Waals surface area (Å²) >= 11 is 0. The van der Waals surface area contributed by atoms with E-state index in [1.54, 1.807) is 30.3 Å². The van der Waals surface area contributed by atoms with Crippen molar-refractivity contribution in [1.82, 2.24) is 0 Å². The van der Waals surface area contributed by atoms with Gasteiger partial charge in [0.1, 0.15) is 0 Å². The van der Waals surface area contributed by atoms with Crippen LogP contribution in [0.1, 0.15) is 41.8 Å². The number of ether oxygens (including phenoxy) is 2. The van der Waals surface area contributed by atoms with Crippen LogP contribution in [0.2, 0.25) is 0 Å². The maximum absolute atomic E-state index is 12.3. The molecule has 0 aromatic heterocycles. The highest BCUT2D eigenvalue weighted by molar-refractivity contribution is 6.07. The lowest BCUT2D eigenvalue weighted by molar-refractivity contribution is 0.104. The summed E-state index contributed by atoms with van der Waals surface area (Å²) in [5, 5.41) is 8.82. The third-order valence-electron chi connectivity index (χ3n) is 3.47. The fourth-order valence-electron chi connectivity index (χ4n) is 2.26. The smallest absolute Gasteiger partial charge is 0.185 e. The van der Waals surface area contributed by atoms with E-state index in [4.69, 9.17) is 14.7 Å². The number of hydrogen-bond acceptors (Lipinski definition) is 4. The molecule has 0 fully saturated rings. The van der Waals surface area contributed by atoms with Crippen molar-refractivity contribution in [3.63, 3.8) is 0 Å². The Kier molecular flexibility index (Phi) is 6.79. The second kappa shape index (κ2) is 9.29. The number of nitriles is 1. The van der Waals surface area contributed by atoms with E-state index in [1.165, 1.54) is 6.08 Å². The Bertz CT molecular complexity index is 786. The fourth-order valence-corrected chi connectivity index (χ4v) is 2.26. The van der Waals surface area contributed by atoms with Crippen LogP contribution in [0.3, 0.4) is 0 Å². The molecule has 4 heteroatoms. The summed E-state index contributed by atoms with van der Waals surface area (Å²) < 4.78 is 11.4. The summed E-state index contributed by atoms with van der Waals surface area (Å²) in [6, 6.07) is 14.2. The highest BCUT2D eigenvalue weighted by Gasteiger charge is 2.10. The van der Waals surface area contributed by atoms with E-state index < -0.39 is 0 Å². The molecule has 0 heterocycles. The standard InChI is InChI=1S/C21H21NO3/c1-3-14-25-21-18(6-5-7-20(21)24-4-2)12-13-19(23)17-10-8-16(15-22)9-11-17/h5-13H,3-4,14H2,1-2H3/b13-12+. The van der Waals surface area contributed by atoms with Gasteiger partial charge in [-0.1, -0.05) is 19.1 Å². The van der Waals surface area contributed by atoms with Crippen molar-refractivity contribution in [2.24, 2.45) is 0 Å². The van der Waals surface area contributed by atoms with Gasteiger partial charge in [0.2, 0.25) is 0 Å². The molecular formula is C21H21NO3. The van der Waals surface area contributed by atoms with Gasteiger partial charge >= 0.3 is 0 Å². The summed E-state index contributed by atoms with van der Waals surface area (Å²) in [5.74, 6) is 1.19. The van der Waals surface area contributed by atoms with Gasteiger partial charge in [-0.15, -0.1) is 0 Å². The zero-order chi connectivity index (χ0) is 18.1. The van der Waals surface area contributed by atoms with Crippen LogP contribution in [0, 0.1) is 11.3 Å². The number of para-hydroxylation sites is 1. The van der Waals surface area contributed by atoms with Gasteiger partial charge in [0.25, 0.3) is 0 Å². The highest BCUT2D eigenvalue weighted by Crippen LogP contribution is 2.32. The zero-order valence-electron chi connectivity index (χ0n) is 14.5. The van der Waals surface area contributed by atoms with Gasteiger partial charge in [0.15, 0.2) is 17.3 Å². The summed E-state index contributed by atoms with van der Waals surface area (Å²) in [5.41, 5.74) is 1.86. The Balaban J connectivity index is 2.24. The Morgan fingerprint density at radius 3 is 2.52 bits per heavy atom. The largest absolute Gasteiger partial charge is 0.490 e. The third kappa shape index (κ3) is 4.95. The monoisotopic (exact) mass is 335 g/mol. The number of hydrogen-bond donors (Lipinski definition) is 0. The Morgan fingerprint density at radius 1 is 1.12 bits per heavy atom. The molecule has 128 valence electrons. The quantitative estimate of drug-likeness (QED) is 0.521. The summed E-state index contributed by atoms with van der Waals surface area (Å²) in [6.07, 6.45) is 4.12. The molecule has 4 nitrogen and oxygen atoms in total. The van der Waals surface area contributed by atoms with Crippen LogP contribution in [0.15, 0.2) is 48.5 Å². The lowest BCUT2D eigenvalue weighted by Crippen LogP contribution is -2.01. The molecule has 2 aromatic rings. The van der Waals surface area contributed by atoms with E-state index >= 15 is 0 Å². The van der Waals surface area contributed by atoms with E-state index in [9.17, 15) is 4.79 Å². The molecule has 2 rings (SSSR count). The molecule has 0 saturated carbocycles. The number of benzene rings is 2. The van der Waals surface area contributed by atoms with Crippen LogP contribution >= 0.6 is 0 Å². The minimum Gasteiger partial charge on any atom is -0.490 e. The number of carbonyl (C=O) groups is 1. The van der Waals surface area contributed by atoms with Crippen molar-refractivity contribution in [3.05, 3.63) is 65.2 Å². The molecule has 0 aliphatic carbocycles. The van der Waals surface area contributed by atoms with Crippen LogP contribution in [0.25, 0.3) is 6.08 Å². The normalized spacial score (nSPS) is 10.4. The number of rotatable bonds is 8. The SMILES string of the molecule is CCCOc1c(/C=C/C(=O)c2ccc(C#N)cc2)cccc1OCC. The van der Waals surface area contributed by atoms with Crippen molar-refractivity contribution in [2.45, 2.75) is 20.3 Å². The molecule has 0 N–H and O–H groups in total. The predicted octanol–water partition coefficient (Wildman–Crippen LogP) is 4.64. The van der Waals surface area contributed by atoms with Crippen molar-refractivity contribution in [3.8, 4) is 17.6 Å². The molecule has 0 bridgehead atoms. The van der Waals surface area contributed by atoms with Crippen molar-refractivity contribution < 1.29 is 14.3 Å². The van der Waals surface area contributed by atoms with E-state index in [0.717, 1.165) is 12.0 Å². The number of carbonyl (C=O) groups excluding carboxylic acids is 1. The lowest BCUT2D eigenvalue weighted by atomic mass is 10.1. The average Bonchev–Trinajstić information content (AvgIpc) is 2.65. The van der Waals surface area contributed by atoms with Crippen LogP contribution < -0.4 is 9.47 Å². The van der Waals surface area contributed by atoms with E-state index in [-0.39, 0.29) is 5.78 Å². The van der Waals surface area contributed by atoms with Crippen LogP contribution in [-0.4, -0.2) is 19.0 Å². The van der Waals surface area contributed by atoms with Gasteiger partial charge < -0.3 is 9.47 Å². The molecule has 0 aliphatic heterocycles. The van der Waals surface area contributed by atoms with E-state index in [0.29, 0.717) is 35.8 Å². The molecule has 0 unspecified atom stereocenters. The maximum atomic E-state index is 12.3. The van der Waals surface area contributed by atoms with Gasteiger partial charge in [-0.2, -0.15) is 5.26 Å². The highest BCUT2D eigenvalue weighted by atomic mass is 16.5. The first kappa shape index (κ1) is 18.3.